The Bertz CT molecular complexity index is 1130. The molecule has 3 rings (SSSR count). The maximum absolute atomic E-state index is 13.3. The third-order valence-electron chi connectivity index (χ3n) is 6.57. The van der Waals surface area contributed by atoms with E-state index in [4.69, 9.17) is 23.2 Å². The smallest absolute Gasteiger partial charge is 0.242 e. The van der Waals surface area contributed by atoms with Crippen LogP contribution in [-0.2, 0) is 26.2 Å². The second-order valence-electron chi connectivity index (χ2n) is 9.13. The summed E-state index contributed by atoms with van der Waals surface area (Å²) < 4.78 is 26.8. The molecule has 36 heavy (non-hydrogen) atoms. The van der Waals surface area contributed by atoms with E-state index >= 15 is 0 Å². The first-order valence-corrected chi connectivity index (χ1v) is 14.3. The highest BCUT2D eigenvalue weighted by Crippen LogP contribution is 2.27. The molecule has 2 aromatic rings. The summed E-state index contributed by atoms with van der Waals surface area (Å²) in [4.78, 5) is 28.0. The van der Waals surface area contributed by atoms with Crippen LogP contribution in [0.4, 0.5) is 0 Å². The molecule has 1 fully saturated rings. The van der Waals surface area contributed by atoms with Crippen molar-refractivity contribution in [1.82, 2.24) is 14.5 Å². The normalized spacial score (nSPS) is 15.1. The minimum atomic E-state index is -3.65. The van der Waals surface area contributed by atoms with Crippen molar-refractivity contribution in [3.63, 3.8) is 0 Å². The van der Waals surface area contributed by atoms with Crippen LogP contribution in [-0.4, -0.2) is 55.1 Å². The Balaban J connectivity index is 1.69. The van der Waals surface area contributed by atoms with E-state index in [1.54, 1.807) is 43.3 Å². The molecule has 1 saturated carbocycles. The quantitative estimate of drug-likeness (QED) is 0.430. The van der Waals surface area contributed by atoms with E-state index in [1.165, 1.54) is 28.4 Å². The Hall–Kier alpha value is -2.13. The van der Waals surface area contributed by atoms with Gasteiger partial charge in [0.1, 0.15) is 6.04 Å². The van der Waals surface area contributed by atoms with Gasteiger partial charge in [-0.05, 0) is 50.5 Å². The van der Waals surface area contributed by atoms with Crippen molar-refractivity contribution in [2.75, 3.05) is 13.6 Å². The van der Waals surface area contributed by atoms with Crippen molar-refractivity contribution < 1.29 is 18.0 Å². The van der Waals surface area contributed by atoms with Crippen molar-refractivity contribution in [3.05, 3.63) is 64.1 Å². The lowest BCUT2D eigenvalue weighted by atomic mass is 10.1. The summed E-state index contributed by atoms with van der Waals surface area (Å²) in [5.41, 5.74) is 0.568. The molecule has 2 amide bonds. The number of amides is 2. The first-order chi connectivity index (χ1) is 17.1. The molecular formula is C26H33Cl2N3O4S. The van der Waals surface area contributed by atoms with Crippen LogP contribution in [0.1, 0.15) is 51.0 Å². The molecule has 0 aromatic heterocycles. The molecule has 0 unspecified atom stereocenters. The number of benzene rings is 2. The van der Waals surface area contributed by atoms with Crippen LogP contribution in [0.5, 0.6) is 0 Å². The van der Waals surface area contributed by atoms with Gasteiger partial charge in [-0.2, -0.15) is 0 Å². The molecule has 0 saturated heterocycles. The second-order valence-corrected chi connectivity index (χ2v) is 12.0. The number of hydrogen-bond acceptors (Lipinski definition) is 4. The molecule has 0 radical (unpaired) electrons. The van der Waals surface area contributed by atoms with Gasteiger partial charge in [-0.3, -0.25) is 9.59 Å². The maximum Gasteiger partial charge on any atom is 0.242 e. The summed E-state index contributed by atoms with van der Waals surface area (Å²) in [7, 11) is -2.16. The number of halogens is 2. The molecule has 1 atom stereocenters. The van der Waals surface area contributed by atoms with E-state index in [2.05, 4.69) is 5.32 Å². The predicted molar refractivity (Wildman–Crippen MR) is 142 cm³/mol. The number of carbonyl (C=O) groups is 2. The summed E-state index contributed by atoms with van der Waals surface area (Å²) >= 11 is 12.7. The third kappa shape index (κ3) is 7.22. The fourth-order valence-corrected chi connectivity index (χ4v) is 6.06. The van der Waals surface area contributed by atoms with Gasteiger partial charge in [0.25, 0.3) is 0 Å². The molecule has 1 aliphatic rings. The van der Waals surface area contributed by atoms with Crippen LogP contribution in [0.15, 0.2) is 53.4 Å². The molecule has 196 valence electrons. The zero-order valence-corrected chi connectivity index (χ0v) is 23.0. The average Bonchev–Trinajstić information content (AvgIpc) is 3.37. The van der Waals surface area contributed by atoms with Crippen LogP contribution in [0, 0.1) is 0 Å². The summed E-state index contributed by atoms with van der Waals surface area (Å²) in [6.07, 6.45) is 4.39. The molecule has 1 N–H and O–H groups in total. The van der Waals surface area contributed by atoms with E-state index in [0.29, 0.717) is 22.0 Å². The molecule has 7 nitrogen and oxygen atoms in total. The standard InChI is InChI=1S/C26H33Cl2N3O4S/c1-19(26(33)29-20-10-6-7-11-20)31(18-22-23(27)14-8-15-24(22)28)25(32)16-9-17-30(2)36(34,35)21-12-4-3-5-13-21/h3-5,8,12-15,19-20H,6-7,9-11,16-18H2,1-2H3,(H,29,33)/t19-/m1/s1. The van der Waals surface area contributed by atoms with Gasteiger partial charge in [0.05, 0.1) is 4.90 Å². The van der Waals surface area contributed by atoms with Crippen molar-refractivity contribution in [1.29, 1.82) is 0 Å². The molecule has 0 spiro atoms. The summed E-state index contributed by atoms with van der Waals surface area (Å²) in [5.74, 6) is -0.493. The molecule has 0 bridgehead atoms. The molecule has 0 aliphatic heterocycles. The fraction of sp³-hybridized carbons (Fsp3) is 0.462. The summed E-state index contributed by atoms with van der Waals surface area (Å²) in [6.45, 7) is 1.93. The molecule has 1 aliphatic carbocycles. The van der Waals surface area contributed by atoms with Crippen LogP contribution in [0.25, 0.3) is 0 Å². The van der Waals surface area contributed by atoms with Crippen molar-refractivity contribution in [2.45, 2.75) is 69.0 Å². The van der Waals surface area contributed by atoms with Crippen molar-refractivity contribution in [2.24, 2.45) is 0 Å². The lowest BCUT2D eigenvalue weighted by molar-refractivity contribution is -0.141. The summed E-state index contributed by atoms with van der Waals surface area (Å²) in [6, 6.07) is 12.7. The van der Waals surface area contributed by atoms with Gasteiger partial charge in [0.15, 0.2) is 0 Å². The molecule has 10 heteroatoms. The van der Waals surface area contributed by atoms with Gasteiger partial charge in [-0.1, -0.05) is 60.3 Å². The minimum absolute atomic E-state index is 0.0672. The number of nitrogens with zero attached hydrogens (tertiary/aromatic N) is 2. The molecule has 0 heterocycles. The topological polar surface area (TPSA) is 86.8 Å². The van der Waals surface area contributed by atoms with Gasteiger partial charge in [0.2, 0.25) is 21.8 Å². The lowest BCUT2D eigenvalue weighted by Crippen LogP contribution is -2.49. The molecule has 2 aromatic carbocycles. The minimum Gasteiger partial charge on any atom is -0.352 e. The van der Waals surface area contributed by atoms with Crippen LogP contribution in [0.3, 0.4) is 0 Å². The van der Waals surface area contributed by atoms with Gasteiger partial charge in [0, 0.05) is 48.2 Å². The van der Waals surface area contributed by atoms with E-state index in [-0.39, 0.29) is 42.3 Å². The number of sulfonamides is 1. The van der Waals surface area contributed by atoms with Crippen LogP contribution >= 0.6 is 23.2 Å². The molecular weight excluding hydrogens is 521 g/mol. The van der Waals surface area contributed by atoms with Crippen LogP contribution < -0.4 is 5.32 Å². The highest BCUT2D eigenvalue weighted by atomic mass is 35.5. The zero-order valence-electron chi connectivity index (χ0n) is 20.6. The van der Waals surface area contributed by atoms with Gasteiger partial charge >= 0.3 is 0 Å². The Kier molecular flexibility index (Phi) is 10.2. The van der Waals surface area contributed by atoms with Crippen molar-refractivity contribution in [3.8, 4) is 0 Å². The lowest BCUT2D eigenvalue weighted by Gasteiger charge is -2.30. The van der Waals surface area contributed by atoms with E-state index in [0.717, 1.165) is 25.7 Å². The van der Waals surface area contributed by atoms with Gasteiger partial charge in [-0.15, -0.1) is 0 Å². The van der Waals surface area contributed by atoms with Gasteiger partial charge < -0.3 is 10.2 Å². The van der Waals surface area contributed by atoms with Gasteiger partial charge in [-0.25, -0.2) is 12.7 Å². The van der Waals surface area contributed by atoms with Crippen molar-refractivity contribution >= 4 is 45.0 Å². The first-order valence-electron chi connectivity index (χ1n) is 12.2. The van der Waals surface area contributed by atoms with Crippen LogP contribution in [0.2, 0.25) is 10.0 Å². The monoisotopic (exact) mass is 553 g/mol. The number of rotatable bonds is 11. The predicted octanol–water partition coefficient (Wildman–Crippen LogP) is 4.87. The number of nitrogens with one attached hydrogen (secondary N) is 1. The Morgan fingerprint density at radius 2 is 1.64 bits per heavy atom. The summed E-state index contributed by atoms with van der Waals surface area (Å²) in [5, 5.41) is 3.88. The Morgan fingerprint density at radius 3 is 2.25 bits per heavy atom. The Labute approximate surface area is 223 Å². The average molecular weight is 555 g/mol. The second kappa shape index (κ2) is 12.9. The maximum atomic E-state index is 13.3. The third-order valence-corrected chi connectivity index (χ3v) is 9.15. The largest absolute Gasteiger partial charge is 0.352 e. The highest BCUT2D eigenvalue weighted by Gasteiger charge is 2.29. The Morgan fingerprint density at radius 1 is 1.03 bits per heavy atom. The zero-order chi connectivity index (χ0) is 26.3. The number of hydrogen-bond donors (Lipinski definition) is 1. The van der Waals surface area contributed by atoms with E-state index < -0.39 is 16.1 Å². The number of carbonyl (C=O) groups excluding carboxylic acids is 2. The fourth-order valence-electron chi connectivity index (χ4n) is 4.32. The van der Waals surface area contributed by atoms with E-state index in [1.807, 2.05) is 0 Å². The first kappa shape index (κ1) is 28.4. The van der Waals surface area contributed by atoms with E-state index in [9.17, 15) is 18.0 Å². The highest BCUT2D eigenvalue weighted by molar-refractivity contribution is 7.89. The SMILES string of the molecule is C[C@H](C(=O)NC1CCCC1)N(Cc1c(Cl)cccc1Cl)C(=O)CCCN(C)S(=O)(=O)c1ccccc1.